The van der Waals surface area contributed by atoms with Gasteiger partial charge in [0.1, 0.15) is 24.4 Å². The Labute approximate surface area is 267 Å². The summed E-state index contributed by atoms with van der Waals surface area (Å²) in [7, 11) is 0. The Balaban J connectivity index is 2.55. The number of carbonyl (C=O) groups excluding carboxylic acids is 1. The maximum absolute atomic E-state index is 12.8. The first-order chi connectivity index (χ1) is 21.3. The fraction of sp³-hybridized carbons (Fsp3) is 0.857. The number of aliphatic hydroxyl groups excluding tert-OH is 5. The minimum Gasteiger partial charge on any atom is -0.394 e. The van der Waals surface area contributed by atoms with Crippen LogP contribution in [0.1, 0.15) is 136 Å². The van der Waals surface area contributed by atoms with Gasteiger partial charge in [0.2, 0.25) is 5.91 Å². The van der Waals surface area contributed by atoms with Crippen molar-refractivity contribution in [2.24, 2.45) is 0 Å². The second kappa shape index (κ2) is 26.8. The number of hydrogen-bond acceptors (Lipinski definition) is 8. The Kier molecular flexibility index (Phi) is 24.8. The predicted octanol–water partition coefficient (Wildman–Crippen LogP) is 5.21. The Bertz CT molecular complexity index is 746. The molecule has 0 aliphatic carbocycles. The van der Waals surface area contributed by atoms with Crippen molar-refractivity contribution >= 4 is 5.91 Å². The summed E-state index contributed by atoms with van der Waals surface area (Å²) in [6.07, 6.45) is 20.8. The van der Waals surface area contributed by atoms with E-state index in [1.54, 1.807) is 6.08 Å². The molecular weight excluding hydrogens is 562 g/mol. The fourth-order valence-electron chi connectivity index (χ4n) is 5.34. The standard InChI is InChI=1S/C35H65NO8/c1-3-5-7-9-11-13-15-16-18-20-22-24-29(38)28(27-43-35-34(42)33(41)32(40)30(26-37)44-35)36-31(39)25-23-21-19-17-14-12-10-8-6-4-2/h15-16,22,24,28-30,32-35,37-38,40-42H,3-14,17-21,23,25-27H2,1-2H3,(H,36,39)/b16-15+,24-22+. The number of unbranched alkanes of at least 4 members (excludes halogenated alkanes) is 15. The van der Waals surface area contributed by atoms with Gasteiger partial charge in [-0.3, -0.25) is 4.79 Å². The lowest BCUT2D eigenvalue weighted by molar-refractivity contribution is -0.302. The summed E-state index contributed by atoms with van der Waals surface area (Å²) in [5.41, 5.74) is 0. The van der Waals surface area contributed by atoms with E-state index < -0.39 is 49.5 Å². The predicted molar refractivity (Wildman–Crippen MR) is 175 cm³/mol. The third-order valence-corrected chi connectivity index (χ3v) is 8.28. The van der Waals surface area contributed by atoms with Crippen LogP contribution in [0.5, 0.6) is 0 Å². The molecule has 7 unspecified atom stereocenters. The molecule has 0 radical (unpaired) electrons. The van der Waals surface area contributed by atoms with Gasteiger partial charge in [-0.05, 0) is 32.1 Å². The molecular formula is C35H65NO8. The second-order valence-electron chi connectivity index (χ2n) is 12.3. The zero-order valence-corrected chi connectivity index (χ0v) is 27.7. The molecule has 0 aromatic rings. The van der Waals surface area contributed by atoms with Gasteiger partial charge in [-0.25, -0.2) is 0 Å². The van der Waals surface area contributed by atoms with Gasteiger partial charge in [-0.15, -0.1) is 0 Å². The lowest BCUT2D eigenvalue weighted by Gasteiger charge is -2.40. The molecule has 0 aromatic heterocycles. The van der Waals surface area contributed by atoms with E-state index in [9.17, 15) is 30.3 Å². The van der Waals surface area contributed by atoms with Gasteiger partial charge >= 0.3 is 0 Å². The normalized spacial score (nSPS) is 23.8. The molecule has 0 aromatic carbocycles. The van der Waals surface area contributed by atoms with Gasteiger partial charge in [0.15, 0.2) is 6.29 Å². The number of allylic oxidation sites excluding steroid dienone is 3. The summed E-state index contributed by atoms with van der Waals surface area (Å²) >= 11 is 0. The van der Waals surface area contributed by atoms with Crippen LogP contribution in [-0.2, 0) is 14.3 Å². The Morgan fingerprint density at radius 3 is 1.91 bits per heavy atom. The summed E-state index contributed by atoms with van der Waals surface area (Å²) < 4.78 is 11.1. The first kappa shape index (κ1) is 40.7. The molecule has 0 bridgehead atoms. The molecule has 1 saturated heterocycles. The van der Waals surface area contributed by atoms with Gasteiger partial charge in [-0.1, -0.05) is 122 Å². The second-order valence-corrected chi connectivity index (χ2v) is 12.3. The Morgan fingerprint density at radius 1 is 0.750 bits per heavy atom. The van der Waals surface area contributed by atoms with Crippen LogP contribution >= 0.6 is 0 Å². The number of amides is 1. The van der Waals surface area contributed by atoms with Crippen molar-refractivity contribution < 1.29 is 39.8 Å². The molecule has 0 spiro atoms. The van der Waals surface area contributed by atoms with Crippen LogP contribution in [0, 0.1) is 0 Å². The fourth-order valence-corrected chi connectivity index (χ4v) is 5.34. The molecule has 1 heterocycles. The van der Waals surface area contributed by atoms with Gasteiger partial charge in [0.05, 0.1) is 25.4 Å². The smallest absolute Gasteiger partial charge is 0.220 e. The zero-order valence-electron chi connectivity index (χ0n) is 27.7. The number of ether oxygens (including phenoxy) is 2. The van der Waals surface area contributed by atoms with Crippen LogP contribution in [0.4, 0.5) is 0 Å². The molecule has 0 saturated carbocycles. The minimum atomic E-state index is -1.57. The van der Waals surface area contributed by atoms with Crippen LogP contribution in [0.25, 0.3) is 0 Å². The highest BCUT2D eigenvalue weighted by Crippen LogP contribution is 2.22. The highest BCUT2D eigenvalue weighted by molar-refractivity contribution is 5.76. The van der Waals surface area contributed by atoms with Crippen LogP contribution < -0.4 is 5.32 Å². The van der Waals surface area contributed by atoms with E-state index in [1.165, 1.54) is 77.0 Å². The Hall–Kier alpha value is -1.33. The molecule has 1 aliphatic heterocycles. The average molecular weight is 628 g/mol. The van der Waals surface area contributed by atoms with E-state index in [0.29, 0.717) is 6.42 Å². The van der Waals surface area contributed by atoms with Crippen LogP contribution in [0.3, 0.4) is 0 Å². The van der Waals surface area contributed by atoms with Crippen molar-refractivity contribution in [1.82, 2.24) is 5.32 Å². The first-order valence-corrected chi connectivity index (χ1v) is 17.6. The van der Waals surface area contributed by atoms with Crippen molar-refractivity contribution in [3.63, 3.8) is 0 Å². The van der Waals surface area contributed by atoms with Gasteiger partial charge in [0.25, 0.3) is 0 Å². The summed E-state index contributed by atoms with van der Waals surface area (Å²) in [5, 5.41) is 53.6. The maximum Gasteiger partial charge on any atom is 0.220 e. The zero-order chi connectivity index (χ0) is 32.4. The molecule has 9 nitrogen and oxygen atoms in total. The van der Waals surface area contributed by atoms with Crippen LogP contribution in [0.15, 0.2) is 24.3 Å². The SMILES string of the molecule is CCCCCCC/C=C/CC/C=C/C(O)C(COC1OC(CO)C(O)C(O)C1O)NC(=O)CCCCCCCCCCCC. The number of rotatable bonds is 27. The molecule has 258 valence electrons. The van der Waals surface area contributed by atoms with E-state index in [0.717, 1.165) is 38.5 Å². The third-order valence-electron chi connectivity index (χ3n) is 8.28. The molecule has 6 N–H and O–H groups in total. The molecule has 1 amide bonds. The van der Waals surface area contributed by atoms with Crippen molar-refractivity contribution in [3.8, 4) is 0 Å². The summed E-state index contributed by atoms with van der Waals surface area (Å²) in [4.78, 5) is 12.8. The average Bonchev–Trinajstić information content (AvgIpc) is 3.02. The van der Waals surface area contributed by atoms with E-state index in [-0.39, 0.29) is 12.5 Å². The van der Waals surface area contributed by atoms with Gasteiger partial charge in [-0.2, -0.15) is 0 Å². The van der Waals surface area contributed by atoms with Crippen LogP contribution in [0.2, 0.25) is 0 Å². The number of nitrogens with one attached hydrogen (secondary N) is 1. The lowest BCUT2D eigenvalue weighted by Crippen LogP contribution is -2.60. The van der Waals surface area contributed by atoms with Crippen molar-refractivity contribution in [3.05, 3.63) is 24.3 Å². The number of aliphatic hydroxyl groups is 5. The maximum atomic E-state index is 12.8. The van der Waals surface area contributed by atoms with E-state index in [2.05, 4.69) is 31.3 Å². The topological polar surface area (TPSA) is 149 Å². The molecule has 9 heteroatoms. The lowest BCUT2D eigenvalue weighted by atomic mass is 9.99. The first-order valence-electron chi connectivity index (χ1n) is 17.6. The van der Waals surface area contributed by atoms with Crippen molar-refractivity contribution in [2.45, 2.75) is 179 Å². The Morgan fingerprint density at radius 2 is 1.30 bits per heavy atom. The van der Waals surface area contributed by atoms with Gasteiger partial charge < -0.3 is 40.3 Å². The number of carbonyl (C=O) groups is 1. The van der Waals surface area contributed by atoms with Crippen LogP contribution in [-0.4, -0.2) is 87.5 Å². The van der Waals surface area contributed by atoms with Crippen molar-refractivity contribution in [2.75, 3.05) is 13.2 Å². The summed E-state index contributed by atoms with van der Waals surface area (Å²) in [5.74, 6) is -0.193. The highest BCUT2D eigenvalue weighted by Gasteiger charge is 2.44. The molecule has 1 aliphatic rings. The van der Waals surface area contributed by atoms with Crippen molar-refractivity contribution in [1.29, 1.82) is 0 Å². The molecule has 1 rings (SSSR count). The largest absolute Gasteiger partial charge is 0.394 e. The highest BCUT2D eigenvalue weighted by atomic mass is 16.7. The van der Waals surface area contributed by atoms with E-state index in [4.69, 9.17) is 9.47 Å². The summed E-state index contributed by atoms with van der Waals surface area (Å²) in [6.45, 7) is 3.67. The van der Waals surface area contributed by atoms with Gasteiger partial charge in [0, 0.05) is 6.42 Å². The summed E-state index contributed by atoms with van der Waals surface area (Å²) in [6, 6.07) is -0.812. The molecule has 44 heavy (non-hydrogen) atoms. The molecule has 7 atom stereocenters. The minimum absolute atomic E-state index is 0.193. The van der Waals surface area contributed by atoms with E-state index >= 15 is 0 Å². The third kappa shape index (κ3) is 18.6. The van der Waals surface area contributed by atoms with E-state index in [1.807, 2.05) is 6.08 Å². The quantitative estimate of drug-likeness (QED) is 0.0537. The molecule has 1 fully saturated rings. The number of hydrogen-bond donors (Lipinski definition) is 6. The monoisotopic (exact) mass is 627 g/mol.